The second-order valence-electron chi connectivity index (χ2n) is 2.27. The normalized spacial score (nSPS) is 10.0. The fraction of sp³-hybridized carbons (Fsp3) is 0.375. The number of ketones is 1. The number of rotatable bonds is 3. The molecule has 11 heavy (non-hydrogen) atoms. The molecule has 1 aromatic rings. The topological polar surface area (TPSA) is 30.2 Å². The second kappa shape index (κ2) is 3.62. The second-order valence-corrected chi connectivity index (χ2v) is 3.13. The maximum atomic E-state index is 11.1. The zero-order valence-corrected chi connectivity index (χ0v) is 7.40. The molecule has 0 amide bonds. The van der Waals surface area contributed by atoms with Gasteiger partial charge in [0.2, 0.25) is 5.78 Å². The molecule has 1 aromatic heterocycles. The van der Waals surface area contributed by atoms with Gasteiger partial charge < -0.3 is 4.42 Å². The van der Waals surface area contributed by atoms with Crippen molar-refractivity contribution in [2.45, 2.75) is 6.92 Å². The largest absolute Gasteiger partial charge is 0.458 e. The average Bonchev–Trinajstić information content (AvgIpc) is 2.36. The van der Waals surface area contributed by atoms with E-state index in [0.29, 0.717) is 11.5 Å². The molecule has 1 rings (SSSR count). The number of carbonyl (C=O) groups excluding carboxylic acids is 1. The van der Waals surface area contributed by atoms with E-state index in [1.165, 1.54) is 11.8 Å². The minimum absolute atomic E-state index is 0.0607. The van der Waals surface area contributed by atoms with Crippen LogP contribution >= 0.6 is 11.8 Å². The Morgan fingerprint density at radius 1 is 1.64 bits per heavy atom. The van der Waals surface area contributed by atoms with Crippen LogP contribution in [0.1, 0.15) is 16.3 Å². The summed E-state index contributed by atoms with van der Waals surface area (Å²) < 4.78 is 5.13. The minimum atomic E-state index is 0.0607. The molecule has 0 aliphatic carbocycles. The number of carbonyl (C=O) groups is 1. The molecule has 0 aliphatic heterocycles. The van der Waals surface area contributed by atoms with Gasteiger partial charge in [0.1, 0.15) is 5.76 Å². The number of hydrogen-bond acceptors (Lipinski definition) is 3. The van der Waals surface area contributed by atoms with Gasteiger partial charge in [-0.05, 0) is 25.3 Å². The molecule has 0 saturated carbocycles. The number of furan rings is 1. The van der Waals surface area contributed by atoms with Crippen molar-refractivity contribution in [3.8, 4) is 0 Å². The molecule has 0 atom stereocenters. The molecular weight excluding hydrogens is 160 g/mol. The third-order valence-corrected chi connectivity index (χ3v) is 1.84. The number of Topliss-reactive ketones (excluding diaryl/α,β-unsaturated/α-hetero) is 1. The summed E-state index contributed by atoms with van der Waals surface area (Å²) >= 11 is 1.50. The Balaban J connectivity index is 2.69. The number of thioether (sulfide) groups is 1. The van der Waals surface area contributed by atoms with Crippen molar-refractivity contribution in [1.82, 2.24) is 0 Å². The van der Waals surface area contributed by atoms with Crippen molar-refractivity contribution in [2.24, 2.45) is 0 Å². The molecule has 0 saturated heterocycles. The highest BCUT2D eigenvalue weighted by Gasteiger charge is 2.07. The minimum Gasteiger partial charge on any atom is -0.458 e. The number of hydrogen-bond donors (Lipinski definition) is 0. The Morgan fingerprint density at radius 2 is 2.36 bits per heavy atom. The van der Waals surface area contributed by atoms with Gasteiger partial charge in [-0.15, -0.1) is 0 Å². The molecule has 0 N–H and O–H groups in total. The lowest BCUT2D eigenvalue weighted by Crippen LogP contribution is -1.99. The van der Waals surface area contributed by atoms with Crippen LogP contribution in [0.3, 0.4) is 0 Å². The van der Waals surface area contributed by atoms with Crippen LogP contribution in [-0.4, -0.2) is 17.8 Å². The van der Waals surface area contributed by atoms with Gasteiger partial charge in [0.25, 0.3) is 0 Å². The van der Waals surface area contributed by atoms with Gasteiger partial charge in [0.05, 0.1) is 5.75 Å². The molecule has 0 bridgehead atoms. The highest BCUT2D eigenvalue weighted by atomic mass is 32.2. The third kappa shape index (κ3) is 2.12. The van der Waals surface area contributed by atoms with Crippen LogP contribution in [0.25, 0.3) is 0 Å². The van der Waals surface area contributed by atoms with Crippen molar-refractivity contribution in [3.05, 3.63) is 23.7 Å². The molecule has 60 valence electrons. The van der Waals surface area contributed by atoms with Gasteiger partial charge in [-0.1, -0.05) is 0 Å². The smallest absolute Gasteiger partial charge is 0.207 e. The Hall–Kier alpha value is -0.700. The van der Waals surface area contributed by atoms with E-state index in [9.17, 15) is 4.79 Å². The average molecular weight is 170 g/mol. The molecule has 3 heteroatoms. The van der Waals surface area contributed by atoms with Gasteiger partial charge in [0.15, 0.2) is 5.76 Å². The van der Waals surface area contributed by atoms with Crippen LogP contribution in [0.5, 0.6) is 0 Å². The van der Waals surface area contributed by atoms with E-state index >= 15 is 0 Å². The van der Waals surface area contributed by atoms with Crippen molar-refractivity contribution in [2.75, 3.05) is 12.0 Å². The van der Waals surface area contributed by atoms with Gasteiger partial charge in [-0.3, -0.25) is 4.79 Å². The lowest BCUT2D eigenvalue weighted by atomic mass is 10.3. The molecule has 0 aromatic carbocycles. The van der Waals surface area contributed by atoms with E-state index in [-0.39, 0.29) is 5.78 Å². The summed E-state index contributed by atoms with van der Waals surface area (Å²) in [6.45, 7) is 1.83. The summed E-state index contributed by atoms with van der Waals surface area (Å²) in [6, 6.07) is 3.52. The van der Waals surface area contributed by atoms with Gasteiger partial charge in [0, 0.05) is 0 Å². The van der Waals surface area contributed by atoms with E-state index in [4.69, 9.17) is 4.42 Å². The Bertz CT molecular complexity index is 252. The van der Waals surface area contributed by atoms with E-state index in [2.05, 4.69) is 0 Å². The van der Waals surface area contributed by atoms with Crippen LogP contribution < -0.4 is 0 Å². The van der Waals surface area contributed by atoms with Crippen molar-refractivity contribution in [1.29, 1.82) is 0 Å². The molecule has 0 radical (unpaired) electrons. The molecule has 1 heterocycles. The quantitative estimate of drug-likeness (QED) is 0.651. The Kier molecular flexibility index (Phi) is 2.76. The summed E-state index contributed by atoms with van der Waals surface area (Å²) in [6.07, 6.45) is 1.90. The Labute approximate surface area is 70.0 Å². The molecule has 2 nitrogen and oxygen atoms in total. The highest BCUT2D eigenvalue weighted by molar-refractivity contribution is 7.99. The monoisotopic (exact) mass is 170 g/mol. The zero-order valence-electron chi connectivity index (χ0n) is 6.59. The third-order valence-electron chi connectivity index (χ3n) is 1.29. The summed E-state index contributed by atoms with van der Waals surface area (Å²) in [4.78, 5) is 11.1. The van der Waals surface area contributed by atoms with Crippen LogP contribution in [0.2, 0.25) is 0 Å². The van der Waals surface area contributed by atoms with E-state index in [1.54, 1.807) is 12.1 Å². The highest BCUT2D eigenvalue weighted by Crippen LogP contribution is 2.09. The van der Waals surface area contributed by atoms with Crippen LogP contribution in [0.4, 0.5) is 0 Å². The fourth-order valence-electron chi connectivity index (χ4n) is 0.787. The first kappa shape index (κ1) is 8.40. The predicted molar refractivity (Wildman–Crippen MR) is 46.2 cm³/mol. The molecule has 0 fully saturated rings. The summed E-state index contributed by atoms with van der Waals surface area (Å²) in [7, 11) is 0. The standard InChI is InChI=1S/C8H10O2S/c1-6-3-4-8(10-6)7(9)5-11-2/h3-4H,5H2,1-2H3. The first-order chi connectivity index (χ1) is 5.24. The van der Waals surface area contributed by atoms with Crippen LogP contribution in [-0.2, 0) is 0 Å². The summed E-state index contributed by atoms with van der Waals surface area (Å²) in [5.41, 5.74) is 0. The van der Waals surface area contributed by atoms with Gasteiger partial charge in [-0.25, -0.2) is 0 Å². The van der Waals surface area contributed by atoms with E-state index in [1.807, 2.05) is 13.2 Å². The zero-order chi connectivity index (χ0) is 8.27. The van der Waals surface area contributed by atoms with Gasteiger partial charge >= 0.3 is 0 Å². The lowest BCUT2D eigenvalue weighted by molar-refractivity contribution is 0.0991. The van der Waals surface area contributed by atoms with Crippen LogP contribution in [0.15, 0.2) is 16.5 Å². The summed E-state index contributed by atoms with van der Waals surface area (Å²) in [5, 5.41) is 0. The maximum absolute atomic E-state index is 11.1. The van der Waals surface area contributed by atoms with Crippen molar-refractivity contribution < 1.29 is 9.21 Å². The van der Waals surface area contributed by atoms with Crippen LogP contribution in [0, 0.1) is 6.92 Å². The first-order valence-electron chi connectivity index (χ1n) is 3.32. The van der Waals surface area contributed by atoms with E-state index in [0.717, 1.165) is 5.76 Å². The molecule has 0 unspecified atom stereocenters. The van der Waals surface area contributed by atoms with Crippen molar-refractivity contribution >= 4 is 17.5 Å². The molecular formula is C8H10O2S. The maximum Gasteiger partial charge on any atom is 0.207 e. The van der Waals surface area contributed by atoms with E-state index < -0.39 is 0 Å². The molecule has 0 aliphatic rings. The fourth-order valence-corrected chi connectivity index (χ4v) is 1.19. The SMILES string of the molecule is CSCC(=O)c1ccc(C)o1. The molecule has 0 spiro atoms. The first-order valence-corrected chi connectivity index (χ1v) is 4.72. The Morgan fingerprint density at radius 3 is 2.82 bits per heavy atom. The van der Waals surface area contributed by atoms with Gasteiger partial charge in [-0.2, -0.15) is 11.8 Å². The summed E-state index contributed by atoms with van der Waals surface area (Å²) in [5.74, 6) is 1.81. The predicted octanol–water partition coefficient (Wildman–Crippen LogP) is 2.13. The lowest BCUT2D eigenvalue weighted by Gasteiger charge is -1.91. The number of aryl methyl sites for hydroxylation is 1. The van der Waals surface area contributed by atoms with Crippen molar-refractivity contribution in [3.63, 3.8) is 0 Å².